The van der Waals surface area contributed by atoms with Gasteiger partial charge in [-0.2, -0.15) is 0 Å². The number of nitrogens with zero attached hydrogens (tertiary/aromatic N) is 1. The highest BCUT2D eigenvalue weighted by Crippen LogP contribution is 2.23. The number of imidazole rings is 1. The molecule has 5 heteroatoms. The first-order valence-electron chi connectivity index (χ1n) is 6.65. The number of aromatic nitrogens is 2. The molecule has 3 N–H and O–H groups in total. The van der Waals surface area contributed by atoms with Crippen molar-refractivity contribution in [3.05, 3.63) is 18.2 Å². The van der Waals surface area contributed by atoms with E-state index in [2.05, 4.69) is 9.97 Å². The summed E-state index contributed by atoms with van der Waals surface area (Å²) in [6.07, 6.45) is 9.86. The van der Waals surface area contributed by atoms with Crippen molar-refractivity contribution >= 4 is 5.97 Å². The molecule has 1 aliphatic carbocycles. The van der Waals surface area contributed by atoms with Crippen molar-refractivity contribution in [2.45, 2.75) is 44.6 Å². The second-order valence-corrected chi connectivity index (χ2v) is 5.02. The number of aromatic amines is 1. The molecular formula is C13H21N3O2. The molecule has 2 rings (SSSR count). The number of ether oxygens (including phenoxy) is 1. The van der Waals surface area contributed by atoms with Crippen LogP contribution >= 0.6 is 0 Å². The molecule has 1 aliphatic rings. The van der Waals surface area contributed by atoms with E-state index in [-0.39, 0.29) is 5.97 Å². The van der Waals surface area contributed by atoms with Crippen LogP contribution < -0.4 is 5.73 Å². The number of carbonyl (C=O) groups is 1. The quantitative estimate of drug-likeness (QED) is 0.775. The smallest absolute Gasteiger partial charge is 0.323 e. The molecule has 1 saturated carbocycles. The van der Waals surface area contributed by atoms with E-state index in [1.807, 2.05) is 0 Å². The van der Waals surface area contributed by atoms with E-state index >= 15 is 0 Å². The Labute approximate surface area is 107 Å². The van der Waals surface area contributed by atoms with Crippen LogP contribution in [0.25, 0.3) is 0 Å². The van der Waals surface area contributed by atoms with Crippen LogP contribution in [0.15, 0.2) is 12.5 Å². The lowest BCUT2D eigenvalue weighted by Crippen LogP contribution is -2.35. The lowest BCUT2D eigenvalue weighted by Gasteiger charge is -2.21. The molecule has 0 bridgehead atoms. The van der Waals surface area contributed by atoms with Crippen LogP contribution in [0.3, 0.4) is 0 Å². The van der Waals surface area contributed by atoms with Gasteiger partial charge in [0.2, 0.25) is 0 Å². The van der Waals surface area contributed by atoms with Crippen molar-refractivity contribution in [1.29, 1.82) is 0 Å². The summed E-state index contributed by atoms with van der Waals surface area (Å²) < 4.78 is 5.29. The van der Waals surface area contributed by atoms with Crippen molar-refractivity contribution in [2.75, 3.05) is 6.61 Å². The molecule has 1 heterocycles. The molecule has 1 unspecified atom stereocenters. The molecule has 5 nitrogen and oxygen atoms in total. The SMILES string of the molecule is NC(Cc1cnc[nH]1)C(=O)OCC1CCCCC1. The topological polar surface area (TPSA) is 81.0 Å². The first-order chi connectivity index (χ1) is 8.75. The monoisotopic (exact) mass is 251 g/mol. The molecule has 0 aromatic carbocycles. The molecule has 1 atom stereocenters. The van der Waals surface area contributed by atoms with E-state index in [4.69, 9.17) is 10.5 Å². The first kappa shape index (κ1) is 13.1. The number of nitrogens with one attached hydrogen (secondary N) is 1. The summed E-state index contributed by atoms with van der Waals surface area (Å²) in [5.41, 5.74) is 6.66. The molecule has 0 aliphatic heterocycles. The van der Waals surface area contributed by atoms with Gasteiger partial charge < -0.3 is 15.5 Å². The van der Waals surface area contributed by atoms with Crippen LogP contribution in [-0.2, 0) is 16.0 Å². The minimum absolute atomic E-state index is 0.310. The zero-order valence-electron chi connectivity index (χ0n) is 10.6. The minimum Gasteiger partial charge on any atom is -0.464 e. The van der Waals surface area contributed by atoms with E-state index in [0.717, 1.165) is 5.69 Å². The lowest BCUT2D eigenvalue weighted by molar-refractivity contribution is -0.146. The molecule has 0 amide bonds. The van der Waals surface area contributed by atoms with E-state index in [1.54, 1.807) is 12.5 Å². The van der Waals surface area contributed by atoms with Gasteiger partial charge in [0, 0.05) is 18.3 Å². The number of H-pyrrole nitrogens is 1. The largest absolute Gasteiger partial charge is 0.464 e. The maximum atomic E-state index is 11.7. The lowest BCUT2D eigenvalue weighted by atomic mass is 9.90. The van der Waals surface area contributed by atoms with Crippen molar-refractivity contribution in [3.63, 3.8) is 0 Å². The molecule has 18 heavy (non-hydrogen) atoms. The standard InChI is InChI=1S/C13H21N3O2/c14-12(6-11-7-15-9-16-11)13(17)18-8-10-4-2-1-3-5-10/h7,9-10,12H,1-6,8,14H2,(H,15,16). The number of hydrogen-bond donors (Lipinski definition) is 2. The van der Waals surface area contributed by atoms with Gasteiger partial charge in [0.1, 0.15) is 6.04 Å². The fourth-order valence-electron chi connectivity index (χ4n) is 2.38. The predicted molar refractivity (Wildman–Crippen MR) is 67.8 cm³/mol. The van der Waals surface area contributed by atoms with E-state index < -0.39 is 6.04 Å². The zero-order chi connectivity index (χ0) is 12.8. The summed E-state index contributed by atoms with van der Waals surface area (Å²) in [6, 6.07) is -0.603. The Morgan fingerprint density at radius 3 is 2.94 bits per heavy atom. The Kier molecular flexibility index (Phi) is 4.75. The van der Waals surface area contributed by atoms with E-state index in [0.29, 0.717) is 18.9 Å². The molecule has 0 spiro atoms. The molecule has 0 saturated heterocycles. The van der Waals surface area contributed by atoms with Gasteiger partial charge in [-0.1, -0.05) is 19.3 Å². The second kappa shape index (κ2) is 6.54. The van der Waals surface area contributed by atoms with Crippen molar-refractivity contribution in [1.82, 2.24) is 9.97 Å². The van der Waals surface area contributed by atoms with Crippen LogP contribution in [0.5, 0.6) is 0 Å². The third kappa shape index (κ3) is 3.84. The highest BCUT2D eigenvalue weighted by atomic mass is 16.5. The fourth-order valence-corrected chi connectivity index (χ4v) is 2.38. The zero-order valence-corrected chi connectivity index (χ0v) is 10.6. The number of nitrogens with two attached hydrogens (primary N) is 1. The summed E-state index contributed by atoms with van der Waals surface area (Å²) in [5, 5.41) is 0. The molecule has 1 aromatic rings. The molecule has 1 aromatic heterocycles. The van der Waals surface area contributed by atoms with Crippen LogP contribution in [0.2, 0.25) is 0 Å². The Hall–Kier alpha value is -1.36. The summed E-state index contributed by atoms with van der Waals surface area (Å²) in [4.78, 5) is 18.6. The molecule has 0 radical (unpaired) electrons. The number of esters is 1. The van der Waals surface area contributed by atoms with Gasteiger partial charge in [0.15, 0.2) is 0 Å². The van der Waals surface area contributed by atoms with Crippen molar-refractivity contribution in [2.24, 2.45) is 11.7 Å². The van der Waals surface area contributed by atoms with Gasteiger partial charge in [-0.05, 0) is 18.8 Å². The third-order valence-corrected chi connectivity index (χ3v) is 3.48. The van der Waals surface area contributed by atoms with E-state index in [1.165, 1.54) is 32.1 Å². The van der Waals surface area contributed by atoms with Gasteiger partial charge in [-0.3, -0.25) is 4.79 Å². The van der Waals surface area contributed by atoms with Crippen molar-refractivity contribution in [3.8, 4) is 0 Å². The summed E-state index contributed by atoms with van der Waals surface area (Å²) in [7, 11) is 0. The Morgan fingerprint density at radius 2 is 2.28 bits per heavy atom. The van der Waals surface area contributed by atoms with Gasteiger partial charge in [-0.15, -0.1) is 0 Å². The fraction of sp³-hybridized carbons (Fsp3) is 0.692. The van der Waals surface area contributed by atoms with E-state index in [9.17, 15) is 4.79 Å². The Bertz CT molecular complexity index is 358. The normalized spacial score (nSPS) is 18.5. The molecular weight excluding hydrogens is 230 g/mol. The number of hydrogen-bond acceptors (Lipinski definition) is 4. The second-order valence-electron chi connectivity index (χ2n) is 5.02. The minimum atomic E-state index is -0.603. The predicted octanol–water partition coefficient (Wildman–Crippen LogP) is 1.40. The van der Waals surface area contributed by atoms with Crippen LogP contribution in [0.1, 0.15) is 37.8 Å². The highest BCUT2D eigenvalue weighted by Gasteiger charge is 2.19. The maximum absolute atomic E-state index is 11.7. The van der Waals surface area contributed by atoms with Gasteiger partial charge in [-0.25, -0.2) is 4.98 Å². The van der Waals surface area contributed by atoms with Crippen LogP contribution in [0.4, 0.5) is 0 Å². The molecule has 100 valence electrons. The number of rotatable bonds is 5. The number of carbonyl (C=O) groups excluding carboxylic acids is 1. The summed E-state index contributed by atoms with van der Waals surface area (Å²) in [5.74, 6) is 0.220. The van der Waals surface area contributed by atoms with Crippen LogP contribution in [0, 0.1) is 5.92 Å². The Balaban J connectivity index is 1.70. The average molecular weight is 251 g/mol. The summed E-state index contributed by atoms with van der Waals surface area (Å²) in [6.45, 7) is 0.523. The maximum Gasteiger partial charge on any atom is 0.323 e. The van der Waals surface area contributed by atoms with Gasteiger partial charge in [0.05, 0.1) is 12.9 Å². The van der Waals surface area contributed by atoms with Gasteiger partial charge >= 0.3 is 5.97 Å². The average Bonchev–Trinajstić information content (AvgIpc) is 2.90. The third-order valence-electron chi connectivity index (χ3n) is 3.48. The molecule has 1 fully saturated rings. The summed E-state index contributed by atoms with van der Waals surface area (Å²) >= 11 is 0. The van der Waals surface area contributed by atoms with Gasteiger partial charge in [0.25, 0.3) is 0 Å². The highest BCUT2D eigenvalue weighted by molar-refractivity contribution is 5.75. The Morgan fingerprint density at radius 1 is 1.50 bits per heavy atom. The van der Waals surface area contributed by atoms with Crippen LogP contribution in [-0.4, -0.2) is 28.6 Å². The first-order valence-corrected chi connectivity index (χ1v) is 6.65. The van der Waals surface area contributed by atoms with Crippen molar-refractivity contribution < 1.29 is 9.53 Å².